The zero-order valence-corrected chi connectivity index (χ0v) is 23.6. The second kappa shape index (κ2) is 10.4. The summed E-state index contributed by atoms with van der Waals surface area (Å²) in [6.45, 7) is 0.699. The van der Waals surface area contributed by atoms with Gasteiger partial charge in [-0.3, -0.25) is 9.88 Å². The van der Waals surface area contributed by atoms with E-state index in [2.05, 4.69) is 20.9 Å². The van der Waals surface area contributed by atoms with Gasteiger partial charge in [-0.05, 0) is 49.4 Å². The van der Waals surface area contributed by atoms with Gasteiger partial charge in [0.05, 0.1) is 23.0 Å². The number of phenols is 1. The number of anilines is 1. The van der Waals surface area contributed by atoms with Crippen molar-refractivity contribution in [3.63, 3.8) is 0 Å². The molecule has 2 atom stereocenters. The molecule has 12 heteroatoms. The summed E-state index contributed by atoms with van der Waals surface area (Å²) in [5.41, 5.74) is -1.19. The van der Waals surface area contributed by atoms with Gasteiger partial charge in [0.2, 0.25) is 0 Å². The highest BCUT2D eigenvalue weighted by molar-refractivity contribution is 6.03. The number of pyridine rings is 1. The minimum absolute atomic E-state index is 0.0272. The van der Waals surface area contributed by atoms with Crippen molar-refractivity contribution in [2.45, 2.75) is 49.7 Å². The summed E-state index contributed by atoms with van der Waals surface area (Å²) in [5.74, 6) is -2.54. The third kappa shape index (κ3) is 4.74. The molecule has 0 aliphatic carbocycles. The van der Waals surface area contributed by atoms with Gasteiger partial charge in [0.25, 0.3) is 5.92 Å². The van der Waals surface area contributed by atoms with Gasteiger partial charge >= 0.3 is 6.01 Å². The molecule has 3 aliphatic rings. The number of rotatable bonds is 5. The number of piperidine rings is 1. The van der Waals surface area contributed by atoms with Gasteiger partial charge < -0.3 is 14.7 Å². The van der Waals surface area contributed by atoms with Crippen LogP contribution in [0.25, 0.3) is 32.9 Å². The highest BCUT2D eigenvalue weighted by atomic mass is 19.3. The number of benzene rings is 2. The van der Waals surface area contributed by atoms with Crippen LogP contribution in [0.3, 0.4) is 0 Å². The highest BCUT2D eigenvalue weighted by Gasteiger charge is 2.49. The summed E-state index contributed by atoms with van der Waals surface area (Å²) < 4.78 is 80.7. The lowest BCUT2D eigenvalue weighted by atomic mass is 9.95. The van der Waals surface area contributed by atoms with Crippen LogP contribution in [0.5, 0.6) is 11.8 Å². The minimum atomic E-state index is -2.98. The van der Waals surface area contributed by atoms with Crippen molar-refractivity contribution < 1.29 is 31.8 Å². The number of aromatic nitrogens is 3. The number of halogens is 5. The van der Waals surface area contributed by atoms with Crippen LogP contribution in [0.15, 0.2) is 30.5 Å². The van der Waals surface area contributed by atoms with Crippen LogP contribution in [-0.2, 0) is 0 Å². The summed E-state index contributed by atoms with van der Waals surface area (Å²) in [6.07, 6.45) is 7.67. The molecule has 3 fully saturated rings. The van der Waals surface area contributed by atoms with E-state index < -0.39 is 35.8 Å². The van der Waals surface area contributed by atoms with Crippen LogP contribution in [0, 0.1) is 24.0 Å². The van der Waals surface area contributed by atoms with Gasteiger partial charge in [0.15, 0.2) is 5.82 Å². The Morgan fingerprint density at radius 2 is 1.93 bits per heavy atom. The first-order valence-corrected chi connectivity index (χ1v) is 14.5. The van der Waals surface area contributed by atoms with Gasteiger partial charge in [0, 0.05) is 43.1 Å². The molecule has 0 saturated carbocycles. The number of fused-ring (bicyclic) bond motifs is 3. The summed E-state index contributed by atoms with van der Waals surface area (Å²) in [6, 6.07) is 4.93. The third-order valence-corrected chi connectivity index (χ3v) is 9.02. The highest BCUT2D eigenvalue weighted by Crippen LogP contribution is 2.42. The van der Waals surface area contributed by atoms with Gasteiger partial charge in [-0.25, -0.2) is 22.0 Å². The number of hydrogen-bond donors (Lipinski definition) is 1. The number of phenolic OH excluding ortho intramolecular Hbond substituents is 1. The van der Waals surface area contributed by atoms with Crippen molar-refractivity contribution in [3.05, 3.63) is 47.7 Å². The number of terminal acetylenes is 1. The zero-order valence-electron chi connectivity index (χ0n) is 23.6. The van der Waals surface area contributed by atoms with Gasteiger partial charge in [0.1, 0.15) is 41.4 Å². The normalized spacial score (nSPS) is 23.3. The molecule has 0 amide bonds. The van der Waals surface area contributed by atoms with Crippen LogP contribution >= 0.6 is 0 Å². The molecule has 228 valence electrons. The molecule has 3 saturated heterocycles. The van der Waals surface area contributed by atoms with E-state index in [1.165, 1.54) is 29.3 Å². The largest absolute Gasteiger partial charge is 0.508 e. The fraction of sp³-hybridized carbons (Fsp3) is 0.406. The molecule has 1 N–H and O–H groups in total. The van der Waals surface area contributed by atoms with E-state index in [9.17, 15) is 22.7 Å². The lowest BCUT2D eigenvalue weighted by Crippen LogP contribution is -2.44. The first kappa shape index (κ1) is 28.5. The van der Waals surface area contributed by atoms with Crippen molar-refractivity contribution in [3.8, 4) is 35.4 Å². The Morgan fingerprint density at radius 3 is 2.73 bits per heavy atom. The van der Waals surface area contributed by atoms with E-state index >= 15 is 4.39 Å². The molecule has 44 heavy (non-hydrogen) atoms. The first-order chi connectivity index (χ1) is 21.1. The van der Waals surface area contributed by atoms with Crippen molar-refractivity contribution in [1.82, 2.24) is 19.9 Å². The molecular formula is C32H28F5N5O2. The molecule has 0 radical (unpaired) electrons. The monoisotopic (exact) mass is 609 g/mol. The predicted molar refractivity (Wildman–Crippen MR) is 155 cm³/mol. The maximum absolute atomic E-state index is 16.6. The van der Waals surface area contributed by atoms with Crippen LogP contribution in [0.4, 0.5) is 27.8 Å². The number of hydrogen-bond acceptors (Lipinski definition) is 7. The second-order valence-corrected chi connectivity index (χ2v) is 11.9. The van der Waals surface area contributed by atoms with Gasteiger partial charge in [-0.2, -0.15) is 9.97 Å². The maximum Gasteiger partial charge on any atom is 0.319 e. The minimum Gasteiger partial charge on any atom is -0.508 e. The van der Waals surface area contributed by atoms with E-state index in [-0.39, 0.29) is 83.1 Å². The molecule has 7 rings (SSSR count). The average Bonchev–Trinajstić information content (AvgIpc) is 3.51. The van der Waals surface area contributed by atoms with Crippen molar-refractivity contribution >= 4 is 27.5 Å². The van der Waals surface area contributed by atoms with Crippen molar-refractivity contribution in [2.75, 3.05) is 37.7 Å². The van der Waals surface area contributed by atoms with E-state index in [0.29, 0.717) is 18.4 Å². The lowest BCUT2D eigenvalue weighted by Gasteiger charge is -2.34. The maximum atomic E-state index is 16.6. The van der Waals surface area contributed by atoms with Crippen molar-refractivity contribution in [1.29, 1.82) is 0 Å². The number of ether oxygens (including phenoxy) is 1. The first-order valence-electron chi connectivity index (χ1n) is 14.5. The molecule has 0 bridgehead atoms. The summed E-state index contributed by atoms with van der Waals surface area (Å²) in [7, 11) is 0. The molecule has 3 aliphatic heterocycles. The average molecular weight is 610 g/mol. The van der Waals surface area contributed by atoms with Gasteiger partial charge in [-0.15, -0.1) is 6.42 Å². The molecular weight excluding hydrogens is 581 g/mol. The fourth-order valence-electron chi connectivity index (χ4n) is 7.06. The molecule has 5 heterocycles. The summed E-state index contributed by atoms with van der Waals surface area (Å²) in [4.78, 5) is 16.5. The Hall–Kier alpha value is -4.24. The second-order valence-electron chi connectivity index (χ2n) is 11.9. The molecule has 2 aromatic heterocycles. The molecule has 0 unspecified atom stereocenters. The Bertz CT molecular complexity index is 1850. The molecule has 4 aromatic rings. The number of nitrogens with zero attached hydrogens (tertiary/aromatic N) is 5. The molecule has 0 spiro atoms. The lowest BCUT2D eigenvalue weighted by molar-refractivity contribution is -0.0118. The van der Waals surface area contributed by atoms with E-state index in [0.717, 1.165) is 19.0 Å². The zero-order chi connectivity index (χ0) is 30.8. The number of alkyl halides is 3. The topological polar surface area (TPSA) is 74.6 Å². The smallest absolute Gasteiger partial charge is 0.319 e. The Balaban J connectivity index is 1.39. The van der Waals surface area contributed by atoms with E-state index in [1.54, 1.807) is 0 Å². The Labute approximate surface area is 249 Å². The van der Waals surface area contributed by atoms with Gasteiger partial charge in [-0.1, -0.05) is 12.0 Å². The Morgan fingerprint density at radius 1 is 1.11 bits per heavy atom. The fourth-order valence-corrected chi connectivity index (χ4v) is 7.06. The van der Waals surface area contributed by atoms with E-state index in [4.69, 9.17) is 11.2 Å². The van der Waals surface area contributed by atoms with Crippen molar-refractivity contribution in [2.24, 2.45) is 0 Å². The summed E-state index contributed by atoms with van der Waals surface area (Å²) >= 11 is 0. The Kier molecular flexibility index (Phi) is 6.77. The number of aromatic hydroxyl groups is 1. The van der Waals surface area contributed by atoms with Crippen LogP contribution in [0.2, 0.25) is 0 Å². The van der Waals surface area contributed by atoms with Crippen LogP contribution < -0.4 is 9.64 Å². The van der Waals surface area contributed by atoms with E-state index in [1.807, 2.05) is 4.90 Å². The predicted octanol–water partition coefficient (Wildman–Crippen LogP) is 6.00. The van der Waals surface area contributed by atoms with Crippen LogP contribution in [-0.4, -0.2) is 75.4 Å². The quantitative estimate of drug-likeness (QED) is 0.220. The third-order valence-electron chi connectivity index (χ3n) is 9.02. The SMILES string of the molecule is C#Cc1c(F)ccc2cc(O)cc(-c3ncc4c(N5CCCC(F)(F)C5)nc(OC[C@@]56CCCN5C[C@H](F)C6)nc4c3F)c12. The van der Waals surface area contributed by atoms with Crippen LogP contribution in [0.1, 0.15) is 37.7 Å². The summed E-state index contributed by atoms with van der Waals surface area (Å²) in [5, 5.41) is 11.0. The standard InChI is InChI=1S/C32H28F5N5O2/c1-2-21-24(34)6-5-18-11-20(43)12-22(25(18)21)27-26(35)28-23(14-38-27)29(41-9-4-8-32(36,37)16-41)40-30(39-28)44-17-31-7-3-10-42(31)15-19(33)13-31/h1,5-6,11-12,14,19,43H,3-4,7-10,13,15-17H2/t19-,31+/m1/s1. The molecule has 7 nitrogen and oxygen atoms in total. The molecule has 2 aromatic carbocycles.